The quantitative estimate of drug-likeness (QED) is 0.478. The van der Waals surface area contributed by atoms with Gasteiger partial charge in [0, 0.05) is 19.6 Å². The van der Waals surface area contributed by atoms with Gasteiger partial charge in [0.05, 0.1) is 13.2 Å². The minimum atomic E-state index is -0.370. The Bertz CT molecular complexity index is 245. The number of carbonyl (C=O) groups excluding carboxylic acids is 2. The summed E-state index contributed by atoms with van der Waals surface area (Å²) >= 11 is 0. The molecule has 1 atom stereocenters. The van der Waals surface area contributed by atoms with Crippen molar-refractivity contribution in [2.75, 3.05) is 26.4 Å². The number of carbonyl (C=O) groups is 2. The zero-order valence-corrected chi connectivity index (χ0v) is 9.20. The summed E-state index contributed by atoms with van der Waals surface area (Å²) in [5, 5.41) is 13.8. The predicted octanol–water partition coefficient (Wildman–Crippen LogP) is -1.22. The van der Waals surface area contributed by atoms with Crippen molar-refractivity contribution in [2.45, 2.75) is 25.3 Å². The van der Waals surface area contributed by atoms with Crippen molar-refractivity contribution in [1.29, 1.82) is 0 Å². The molecule has 0 aromatic heterocycles. The van der Waals surface area contributed by atoms with Crippen molar-refractivity contribution in [2.24, 2.45) is 0 Å². The van der Waals surface area contributed by atoms with Crippen molar-refractivity contribution < 1.29 is 19.4 Å². The van der Waals surface area contributed by atoms with E-state index in [0.717, 1.165) is 0 Å². The van der Waals surface area contributed by atoms with Crippen molar-refractivity contribution in [3.8, 4) is 0 Å². The molecule has 0 aromatic carbocycles. The van der Waals surface area contributed by atoms with Crippen LogP contribution in [0.25, 0.3) is 0 Å². The van der Waals surface area contributed by atoms with E-state index in [2.05, 4.69) is 10.6 Å². The maximum atomic E-state index is 11.5. The van der Waals surface area contributed by atoms with Crippen molar-refractivity contribution in [3.05, 3.63) is 0 Å². The van der Waals surface area contributed by atoms with Gasteiger partial charge in [-0.2, -0.15) is 0 Å². The highest BCUT2D eigenvalue weighted by molar-refractivity contribution is 5.90. The Morgan fingerprint density at radius 2 is 2.38 bits per heavy atom. The molecule has 92 valence electrons. The molecule has 0 saturated carbocycles. The minimum absolute atomic E-state index is 0.0143. The van der Waals surface area contributed by atoms with Crippen molar-refractivity contribution >= 4 is 11.8 Å². The van der Waals surface area contributed by atoms with Gasteiger partial charge in [0.25, 0.3) is 0 Å². The Kier molecular flexibility index (Phi) is 5.81. The fraction of sp³-hybridized carbons (Fsp3) is 0.800. The third-order valence-corrected chi connectivity index (χ3v) is 2.31. The summed E-state index contributed by atoms with van der Waals surface area (Å²) in [7, 11) is 0. The maximum absolute atomic E-state index is 11.5. The first-order valence-corrected chi connectivity index (χ1v) is 5.49. The van der Waals surface area contributed by atoms with Crippen molar-refractivity contribution in [1.82, 2.24) is 10.6 Å². The van der Waals surface area contributed by atoms with Crippen LogP contribution in [0.15, 0.2) is 0 Å². The van der Waals surface area contributed by atoms with Crippen LogP contribution in [-0.2, 0) is 14.3 Å². The van der Waals surface area contributed by atoms with Gasteiger partial charge in [0.15, 0.2) is 0 Å². The van der Waals surface area contributed by atoms with Crippen LogP contribution in [0.3, 0.4) is 0 Å². The summed E-state index contributed by atoms with van der Waals surface area (Å²) in [6.45, 7) is 1.38. The number of hydrogen-bond acceptors (Lipinski definition) is 4. The van der Waals surface area contributed by atoms with E-state index in [9.17, 15) is 9.59 Å². The number of nitrogens with one attached hydrogen (secondary N) is 2. The summed E-state index contributed by atoms with van der Waals surface area (Å²) in [5.74, 6) is -0.195. The molecule has 6 heteroatoms. The average Bonchev–Trinajstić information content (AvgIpc) is 2.70. The van der Waals surface area contributed by atoms with Crippen LogP contribution in [0.2, 0.25) is 0 Å². The Hall–Kier alpha value is -1.14. The number of amides is 2. The molecular formula is C10H18N2O4. The first-order valence-electron chi connectivity index (χ1n) is 5.49. The monoisotopic (exact) mass is 230 g/mol. The summed E-state index contributed by atoms with van der Waals surface area (Å²) in [5.41, 5.74) is 0. The predicted molar refractivity (Wildman–Crippen MR) is 56.7 cm³/mol. The van der Waals surface area contributed by atoms with Gasteiger partial charge in [0.2, 0.25) is 11.8 Å². The fourth-order valence-electron chi connectivity index (χ4n) is 1.49. The summed E-state index contributed by atoms with van der Waals surface area (Å²) in [6.07, 6.45) is 1.70. The third kappa shape index (κ3) is 4.59. The molecule has 1 aliphatic rings. The zero-order chi connectivity index (χ0) is 11.8. The van der Waals surface area contributed by atoms with Gasteiger partial charge in [-0.05, 0) is 12.8 Å². The van der Waals surface area contributed by atoms with Crippen LogP contribution in [0.5, 0.6) is 0 Å². The third-order valence-electron chi connectivity index (χ3n) is 2.31. The van der Waals surface area contributed by atoms with E-state index in [0.29, 0.717) is 39.0 Å². The van der Waals surface area contributed by atoms with E-state index in [1.807, 2.05) is 0 Å². The zero-order valence-electron chi connectivity index (χ0n) is 9.20. The second kappa shape index (κ2) is 7.19. The SMILES string of the molecule is O=C1CC[C@H](C(=O)NCCCOCCO)N1. The van der Waals surface area contributed by atoms with Gasteiger partial charge < -0.3 is 20.5 Å². The van der Waals surface area contributed by atoms with E-state index in [1.54, 1.807) is 0 Å². The lowest BCUT2D eigenvalue weighted by Crippen LogP contribution is -2.42. The molecule has 1 fully saturated rings. The van der Waals surface area contributed by atoms with E-state index in [4.69, 9.17) is 9.84 Å². The normalized spacial score (nSPS) is 19.6. The number of aliphatic hydroxyl groups is 1. The second-order valence-corrected chi connectivity index (χ2v) is 3.64. The minimum Gasteiger partial charge on any atom is -0.394 e. The standard InChI is InChI=1S/C10H18N2O4/c13-5-7-16-6-1-4-11-10(15)8-2-3-9(14)12-8/h8,13H,1-7H2,(H,11,15)(H,12,14)/t8-/m1/s1. The summed E-state index contributed by atoms with van der Waals surface area (Å²) in [6, 6.07) is -0.370. The molecule has 0 aromatic rings. The largest absolute Gasteiger partial charge is 0.394 e. The van der Waals surface area contributed by atoms with Gasteiger partial charge in [-0.25, -0.2) is 0 Å². The lowest BCUT2D eigenvalue weighted by atomic mass is 10.2. The van der Waals surface area contributed by atoms with Gasteiger partial charge in [0.1, 0.15) is 6.04 Å². The molecule has 0 aliphatic carbocycles. The first-order chi connectivity index (χ1) is 7.74. The lowest BCUT2D eigenvalue weighted by Gasteiger charge is -2.10. The lowest BCUT2D eigenvalue weighted by molar-refractivity contribution is -0.125. The molecule has 3 N–H and O–H groups in total. The van der Waals surface area contributed by atoms with Crippen LogP contribution < -0.4 is 10.6 Å². The van der Waals surface area contributed by atoms with E-state index >= 15 is 0 Å². The number of hydrogen-bond donors (Lipinski definition) is 3. The van der Waals surface area contributed by atoms with E-state index < -0.39 is 0 Å². The molecule has 1 rings (SSSR count). The molecule has 0 radical (unpaired) electrons. The average molecular weight is 230 g/mol. The first kappa shape index (κ1) is 12.9. The number of aliphatic hydroxyl groups excluding tert-OH is 1. The van der Waals surface area contributed by atoms with Crippen molar-refractivity contribution in [3.63, 3.8) is 0 Å². The Morgan fingerprint density at radius 1 is 1.56 bits per heavy atom. The molecular weight excluding hydrogens is 212 g/mol. The number of ether oxygens (including phenoxy) is 1. The molecule has 0 unspecified atom stereocenters. The topological polar surface area (TPSA) is 87.7 Å². The highest BCUT2D eigenvalue weighted by atomic mass is 16.5. The number of rotatable bonds is 7. The molecule has 6 nitrogen and oxygen atoms in total. The van der Waals surface area contributed by atoms with Gasteiger partial charge in [-0.15, -0.1) is 0 Å². The molecule has 2 amide bonds. The van der Waals surface area contributed by atoms with Gasteiger partial charge in [-0.3, -0.25) is 9.59 Å². The highest BCUT2D eigenvalue weighted by Gasteiger charge is 2.26. The van der Waals surface area contributed by atoms with E-state index in [-0.39, 0.29) is 24.5 Å². The van der Waals surface area contributed by atoms with Crippen LogP contribution in [-0.4, -0.2) is 49.3 Å². The molecule has 1 heterocycles. The second-order valence-electron chi connectivity index (χ2n) is 3.64. The highest BCUT2D eigenvalue weighted by Crippen LogP contribution is 2.05. The fourth-order valence-corrected chi connectivity index (χ4v) is 1.49. The van der Waals surface area contributed by atoms with Crippen LogP contribution in [0.1, 0.15) is 19.3 Å². The Morgan fingerprint density at radius 3 is 3.00 bits per heavy atom. The molecule has 0 spiro atoms. The van der Waals surface area contributed by atoms with Gasteiger partial charge in [-0.1, -0.05) is 0 Å². The molecule has 1 aliphatic heterocycles. The van der Waals surface area contributed by atoms with Crippen LogP contribution in [0, 0.1) is 0 Å². The molecule has 16 heavy (non-hydrogen) atoms. The Labute approximate surface area is 94.3 Å². The van der Waals surface area contributed by atoms with Crippen LogP contribution >= 0.6 is 0 Å². The smallest absolute Gasteiger partial charge is 0.242 e. The molecule has 1 saturated heterocycles. The maximum Gasteiger partial charge on any atom is 0.242 e. The Balaban J connectivity index is 2.00. The van der Waals surface area contributed by atoms with Crippen LogP contribution in [0.4, 0.5) is 0 Å². The molecule has 0 bridgehead atoms. The van der Waals surface area contributed by atoms with E-state index in [1.165, 1.54) is 0 Å². The summed E-state index contributed by atoms with van der Waals surface area (Å²) < 4.78 is 5.04. The van der Waals surface area contributed by atoms with Gasteiger partial charge >= 0.3 is 0 Å². The summed E-state index contributed by atoms with van der Waals surface area (Å²) in [4.78, 5) is 22.3.